The van der Waals surface area contributed by atoms with Crippen LogP contribution < -0.4 is 0 Å². The highest BCUT2D eigenvalue weighted by Gasteiger charge is 2.38. The number of amides is 1. The Bertz CT molecular complexity index is 458. The third-order valence-corrected chi connectivity index (χ3v) is 4.78. The molecule has 0 bridgehead atoms. The van der Waals surface area contributed by atoms with Crippen molar-refractivity contribution >= 4 is 16.1 Å². The normalized spacial score (nSPS) is 25.4. The second-order valence-electron chi connectivity index (χ2n) is 5.00. The van der Waals surface area contributed by atoms with Gasteiger partial charge < -0.3 is 4.90 Å². The van der Waals surface area contributed by atoms with Crippen LogP contribution in [0.5, 0.6) is 0 Å². The number of hydrogen-bond donors (Lipinski definition) is 0. The monoisotopic (exact) mass is 275 g/mol. The molecule has 1 fully saturated rings. The molecule has 4 nitrogen and oxygen atoms in total. The fourth-order valence-electron chi connectivity index (χ4n) is 2.55. The van der Waals surface area contributed by atoms with E-state index in [2.05, 4.69) is 6.08 Å². The summed E-state index contributed by atoms with van der Waals surface area (Å²) >= 11 is 0. The Morgan fingerprint density at radius 2 is 2.17 bits per heavy atom. The van der Waals surface area contributed by atoms with Crippen LogP contribution in [0.2, 0.25) is 0 Å². The Kier molecular flexibility index (Phi) is 4.04. The summed E-state index contributed by atoms with van der Waals surface area (Å²) in [6, 6.07) is 0. The van der Waals surface area contributed by atoms with Gasteiger partial charge in [-0.15, -0.1) is 3.89 Å². The van der Waals surface area contributed by atoms with Gasteiger partial charge in [-0.2, -0.15) is 8.42 Å². The lowest BCUT2D eigenvalue weighted by atomic mass is 9.97. The molecule has 1 heterocycles. The van der Waals surface area contributed by atoms with E-state index in [0.717, 1.165) is 19.3 Å². The van der Waals surface area contributed by atoms with Crippen molar-refractivity contribution in [3.63, 3.8) is 0 Å². The zero-order chi connectivity index (χ0) is 13.2. The molecule has 0 aromatic carbocycles. The van der Waals surface area contributed by atoms with Gasteiger partial charge in [0.2, 0.25) is 5.91 Å². The van der Waals surface area contributed by atoms with Crippen LogP contribution in [0.4, 0.5) is 3.89 Å². The van der Waals surface area contributed by atoms with Crippen LogP contribution >= 0.6 is 0 Å². The van der Waals surface area contributed by atoms with Crippen LogP contribution in [-0.2, 0) is 15.0 Å². The number of hydrogen-bond acceptors (Lipinski definition) is 3. The zero-order valence-corrected chi connectivity index (χ0v) is 11.1. The van der Waals surface area contributed by atoms with Crippen LogP contribution in [-0.4, -0.2) is 37.6 Å². The molecule has 1 saturated heterocycles. The van der Waals surface area contributed by atoms with Crippen molar-refractivity contribution in [3.8, 4) is 0 Å². The summed E-state index contributed by atoms with van der Waals surface area (Å²) in [5, 5.41) is -1.16. The Balaban J connectivity index is 1.87. The highest BCUT2D eigenvalue weighted by Crippen LogP contribution is 2.23. The standard InChI is InChI=1S/C12H18FNO3S/c13-18(16,17)11-8-12(15)14(9-11)7-6-10-4-2-1-3-5-10/h4,11H,1-3,5-9H2. The molecule has 18 heavy (non-hydrogen) atoms. The lowest BCUT2D eigenvalue weighted by Gasteiger charge is -2.18. The van der Waals surface area contributed by atoms with Crippen molar-refractivity contribution in [2.75, 3.05) is 13.1 Å². The molecule has 1 atom stereocenters. The third kappa shape index (κ3) is 3.31. The highest BCUT2D eigenvalue weighted by molar-refractivity contribution is 7.87. The van der Waals surface area contributed by atoms with Crippen molar-refractivity contribution < 1.29 is 17.1 Å². The van der Waals surface area contributed by atoms with Crippen molar-refractivity contribution in [1.82, 2.24) is 4.90 Å². The first-order valence-corrected chi connectivity index (χ1v) is 7.80. The van der Waals surface area contributed by atoms with E-state index in [-0.39, 0.29) is 18.9 Å². The maximum Gasteiger partial charge on any atom is 0.307 e. The van der Waals surface area contributed by atoms with E-state index in [1.165, 1.54) is 23.3 Å². The fourth-order valence-corrected chi connectivity index (χ4v) is 3.25. The van der Waals surface area contributed by atoms with E-state index in [1.54, 1.807) is 0 Å². The highest BCUT2D eigenvalue weighted by atomic mass is 32.3. The van der Waals surface area contributed by atoms with Gasteiger partial charge in [-0.05, 0) is 32.1 Å². The number of likely N-dealkylation sites (tertiary alicyclic amines) is 1. The molecule has 102 valence electrons. The van der Waals surface area contributed by atoms with Crippen molar-refractivity contribution in [3.05, 3.63) is 11.6 Å². The predicted octanol–water partition coefficient (Wildman–Crippen LogP) is 1.78. The van der Waals surface area contributed by atoms with Gasteiger partial charge in [-0.3, -0.25) is 4.79 Å². The first kappa shape index (κ1) is 13.5. The summed E-state index contributed by atoms with van der Waals surface area (Å²) < 4.78 is 34.4. The lowest BCUT2D eigenvalue weighted by Crippen LogP contribution is -2.28. The molecule has 0 spiro atoms. The molecule has 0 saturated carbocycles. The maximum atomic E-state index is 12.8. The minimum Gasteiger partial charge on any atom is -0.341 e. The lowest BCUT2D eigenvalue weighted by molar-refractivity contribution is -0.127. The minimum absolute atomic E-state index is 0.00491. The van der Waals surface area contributed by atoms with Crippen LogP contribution in [0, 0.1) is 0 Å². The summed E-state index contributed by atoms with van der Waals surface area (Å²) in [5.41, 5.74) is 1.33. The van der Waals surface area contributed by atoms with Gasteiger partial charge in [0, 0.05) is 19.5 Å². The average Bonchev–Trinajstić information content (AvgIpc) is 2.69. The minimum atomic E-state index is -4.59. The second-order valence-corrected chi connectivity index (χ2v) is 6.62. The van der Waals surface area contributed by atoms with Gasteiger partial charge in [0.15, 0.2) is 0 Å². The van der Waals surface area contributed by atoms with Gasteiger partial charge in [-0.1, -0.05) is 11.6 Å². The van der Waals surface area contributed by atoms with E-state index in [0.29, 0.717) is 6.54 Å². The molecule has 0 radical (unpaired) electrons. The smallest absolute Gasteiger partial charge is 0.307 e. The molecule has 0 aromatic heterocycles. The van der Waals surface area contributed by atoms with E-state index in [9.17, 15) is 17.1 Å². The van der Waals surface area contributed by atoms with Gasteiger partial charge >= 0.3 is 10.2 Å². The number of carbonyl (C=O) groups excluding carboxylic acids is 1. The van der Waals surface area contributed by atoms with E-state index < -0.39 is 15.5 Å². The second kappa shape index (κ2) is 5.38. The quantitative estimate of drug-likeness (QED) is 0.580. The van der Waals surface area contributed by atoms with Crippen LogP contribution in [0.15, 0.2) is 11.6 Å². The van der Waals surface area contributed by atoms with E-state index in [4.69, 9.17) is 0 Å². The van der Waals surface area contributed by atoms with Crippen LogP contribution in [0.1, 0.15) is 38.5 Å². The van der Waals surface area contributed by atoms with E-state index in [1.807, 2.05) is 0 Å². The van der Waals surface area contributed by atoms with Crippen molar-refractivity contribution in [2.45, 2.75) is 43.8 Å². The molecular formula is C12H18FNO3S. The van der Waals surface area contributed by atoms with Crippen molar-refractivity contribution in [1.29, 1.82) is 0 Å². The Labute approximate surface area is 107 Å². The predicted molar refractivity (Wildman–Crippen MR) is 66.2 cm³/mol. The fraction of sp³-hybridized carbons (Fsp3) is 0.750. The average molecular weight is 275 g/mol. The molecule has 1 unspecified atom stereocenters. The van der Waals surface area contributed by atoms with Crippen molar-refractivity contribution in [2.24, 2.45) is 0 Å². The Morgan fingerprint density at radius 1 is 1.39 bits per heavy atom. The van der Waals surface area contributed by atoms with Gasteiger partial charge in [-0.25, -0.2) is 0 Å². The molecule has 1 amide bonds. The molecule has 2 rings (SSSR count). The Hall–Kier alpha value is -0.910. The molecular weight excluding hydrogens is 257 g/mol. The molecule has 0 N–H and O–H groups in total. The third-order valence-electron chi connectivity index (χ3n) is 3.67. The SMILES string of the molecule is O=C1CC(S(=O)(=O)F)CN1CCC1=CCCCC1. The zero-order valence-electron chi connectivity index (χ0n) is 10.3. The summed E-state index contributed by atoms with van der Waals surface area (Å²) in [7, 11) is -4.59. The number of halogens is 1. The summed E-state index contributed by atoms with van der Waals surface area (Å²) in [6.45, 7) is 0.516. The summed E-state index contributed by atoms with van der Waals surface area (Å²) in [6.07, 6.45) is 7.32. The number of carbonyl (C=O) groups is 1. The maximum absolute atomic E-state index is 12.8. The molecule has 1 aliphatic heterocycles. The number of allylic oxidation sites excluding steroid dienone is 1. The first-order chi connectivity index (χ1) is 8.47. The number of nitrogens with zero attached hydrogens (tertiary/aromatic N) is 1. The van der Waals surface area contributed by atoms with Gasteiger partial charge in [0.25, 0.3) is 0 Å². The van der Waals surface area contributed by atoms with E-state index >= 15 is 0 Å². The molecule has 0 aromatic rings. The first-order valence-electron chi connectivity index (χ1n) is 6.36. The largest absolute Gasteiger partial charge is 0.341 e. The molecule has 2 aliphatic rings. The molecule has 1 aliphatic carbocycles. The molecule has 6 heteroatoms. The van der Waals surface area contributed by atoms with Crippen LogP contribution in [0.3, 0.4) is 0 Å². The summed E-state index contributed by atoms with van der Waals surface area (Å²) in [4.78, 5) is 13.0. The van der Waals surface area contributed by atoms with Gasteiger partial charge in [0.1, 0.15) is 5.25 Å². The number of rotatable bonds is 4. The summed E-state index contributed by atoms with van der Waals surface area (Å²) in [5.74, 6) is -0.252. The topological polar surface area (TPSA) is 54.5 Å². The van der Waals surface area contributed by atoms with Crippen LogP contribution in [0.25, 0.3) is 0 Å². The van der Waals surface area contributed by atoms with Gasteiger partial charge in [0.05, 0.1) is 0 Å². The Morgan fingerprint density at radius 3 is 2.72 bits per heavy atom.